The molecule has 0 saturated heterocycles. The lowest BCUT2D eigenvalue weighted by Crippen LogP contribution is -2.29. The number of hydrogen-bond donors (Lipinski definition) is 3. The smallest absolute Gasteiger partial charge is 0.308 e. The normalized spacial score (nSPS) is 10.7. The van der Waals surface area contributed by atoms with Crippen LogP contribution < -0.4 is 22.5 Å². The number of nitrogens with zero attached hydrogens (tertiary/aromatic N) is 2. The number of nitrogens with two attached hydrogens (primary N) is 1. The molecule has 2 aromatic heterocycles. The second kappa shape index (κ2) is 5.22. The summed E-state index contributed by atoms with van der Waals surface area (Å²) in [4.78, 5) is 29.4. The first-order chi connectivity index (χ1) is 10.2. The Kier molecular flexibility index (Phi) is 3.25. The molecule has 0 unspecified atom stereocenters. The van der Waals surface area contributed by atoms with Crippen LogP contribution in [0.2, 0.25) is 0 Å². The first-order valence-electron chi connectivity index (χ1n) is 6.32. The van der Waals surface area contributed by atoms with E-state index in [1.54, 1.807) is 0 Å². The molecule has 0 spiro atoms. The Balaban J connectivity index is 2.10. The fourth-order valence-corrected chi connectivity index (χ4v) is 2.16. The lowest BCUT2D eigenvalue weighted by Gasteiger charge is -2.11. The Hall–Kier alpha value is -2.93. The maximum absolute atomic E-state index is 11.7. The highest BCUT2D eigenvalue weighted by molar-refractivity contribution is 5.81. The lowest BCUT2D eigenvalue weighted by molar-refractivity contribution is 0.720. The van der Waals surface area contributed by atoms with Crippen LogP contribution in [0.4, 0.5) is 5.82 Å². The van der Waals surface area contributed by atoms with Gasteiger partial charge in [0.15, 0.2) is 0 Å². The van der Waals surface area contributed by atoms with E-state index in [1.807, 2.05) is 30.3 Å². The molecule has 3 rings (SSSR count). The number of aromatic amines is 1. The Labute approximate surface area is 119 Å². The summed E-state index contributed by atoms with van der Waals surface area (Å²) in [5.41, 5.74) is 3.20. The van der Waals surface area contributed by atoms with Crippen LogP contribution in [-0.4, -0.2) is 14.5 Å². The molecule has 0 amide bonds. The number of nitrogens with one attached hydrogen (secondary N) is 2. The van der Waals surface area contributed by atoms with Crippen LogP contribution in [0.25, 0.3) is 10.9 Å². The van der Waals surface area contributed by atoms with Gasteiger partial charge in [-0.3, -0.25) is 14.3 Å². The van der Waals surface area contributed by atoms with Crippen molar-refractivity contribution in [1.29, 1.82) is 0 Å². The van der Waals surface area contributed by atoms with E-state index in [4.69, 9.17) is 5.84 Å². The molecular formula is C14H13N5O2. The summed E-state index contributed by atoms with van der Waals surface area (Å²) in [6.07, 6.45) is 1.44. The van der Waals surface area contributed by atoms with Crippen molar-refractivity contribution >= 4 is 16.7 Å². The van der Waals surface area contributed by atoms with Gasteiger partial charge in [0.05, 0.1) is 12.1 Å². The van der Waals surface area contributed by atoms with Crippen molar-refractivity contribution in [2.45, 2.75) is 6.54 Å². The molecule has 7 heteroatoms. The number of H-pyrrole nitrogens is 1. The highest BCUT2D eigenvalue weighted by atomic mass is 16.2. The fraction of sp³-hybridized carbons (Fsp3) is 0.0714. The van der Waals surface area contributed by atoms with E-state index in [1.165, 1.54) is 16.8 Å². The van der Waals surface area contributed by atoms with Gasteiger partial charge in [-0.05, 0) is 12.1 Å². The quantitative estimate of drug-likeness (QED) is 0.477. The van der Waals surface area contributed by atoms with Crippen LogP contribution in [0.3, 0.4) is 0 Å². The monoisotopic (exact) mass is 283 g/mol. The number of pyridine rings is 1. The number of benzene rings is 1. The number of aromatic nitrogens is 3. The number of fused-ring (bicyclic) bond motifs is 1. The summed E-state index contributed by atoms with van der Waals surface area (Å²) >= 11 is 0. The number of anilines is 1. The van der Waals surface area contributed by atoms with Crippen LogP contribution in [0.1, 0.15) is 5.56 Å². The third-order valence-electron chi connectivity index (χ3n) is 3.18. The summed E-state index contributed by atoms with van der Waals surface area (Å²) in [7, 11) is 0. The molecule has 1 aromatic carbocycles. The molecular weight excluding hydrogens is 270 g/mol. The Bertz CT molecular complexity index is 913. The van der Waals surface area contributed by atoms with Gasteiger partial charge in [-0.1, -0.05) is 18.2 Å². The first-order valence-corrected chi connectivity index (χ1v) is 6.32. The molecule has 0 fully saturated rings. The minimum Gasteiger partial charge on any atom is -0.308 e. The van der Waals surface area contributed by atoms with E-state index in [2.05, 4.69) is 15.4 Å². The topological polar surface area (TPSA) is 106 Å². The molecule has 0 aliphatic heterocycles. The van der Waals surface area contributed by atoms with Crippen LogP contribution in [0, 0.1) is 0 Å². The Morgan fingerprint density at radius 3 is 2.81 bits per heavy atom. The summed E-state index contributed by atoms with van der Waals surface area (Å²) in [6.45, 7) is 0.257. The van der Waals surface area contributed by atoms with Gasteiger partial charge in [-0.15, -0.1) is 0 Å². The van der Waals surface area contributed by atoms with Gasteiger partial charge in [-0.2, -0.15) is 0 Å². The zero-order valence-electron chi connectivity index (χ0n) is 11.0. The van der Waals surface area contributed by atoms with Crippen LogP contribution in [0.15, 0.2) is 52.2 Å². The van der Waals surface area contributed by atoms with E-state index in [9.17, 15) is 9.59 Å². The van der Waals surface area contributed by atoms with Crippen LogP contribution in [-0.2, 0) is 6.54 Å². The van der Waals surface area contributed by atoms with Crippen molar-refractivity contribution in [3.63, 3.8) is 0 Å². The van der Waals surface area contributed by atoms with Crippen molar-refractivity contribution in [3.8, 4) is 0 Å². The summed E-state index contributed by atoms with van der Waals surface area (Å²) in [5.74, 6) is 5.99. The molecule has 0 bridgehead atoms. The van der Waals surface area contributed by atoms with Crippen molar-refractivity contribution in [1.82, 2.24) is 14.5 Å². The van der Waals surface area contributed by atoms with E-state index < -0.39 is 11.2 Å². The molecule has 21 heavy (non-hydrogen) atoms. The van der Waals surface area contributed by atoms with E-state index in [0.29, 0.717) is 5.82 Å². The van der Waals surface area contributed by atoms with Gasteiger partial charge in [-0.25, -0.2) is 15.6 Å². The van der Waals surface area contributed by atoms with Gasteiger partial charge in [0, 0.05) is 23.2 Å². The fourth-order valence-electron chi connectivity index (χ4n) is 2.16. The molecule has 0 atom stereocenters. The number of rotatable bonds is 3. The molecule has 3 aromatic rings. The number of nitrogen functional groups attached to an aromatic ring is 1. The zero-order chi connectivity index (χ0) is 14.8. The lowest BCUT2D eigenvalue weighted by atomic mass is 10.1. The van der Waals surface area contributed by atoms with Crippen LogP contribution in [0.5, 0.6) is 0 Å². The molecule has 0 aliphatic carbocycles. The van der Waals surface area contributed by atoms with Gasteiger partial charge >= 0.3 is 5.69 Å². The highest BCUT2D eigenvalue weighted by Crippen LogP contribution is 2.20. The molecule has 2 heterocycles. The summed E-state index contributed by atoms with van der Waals surface area (Å²) in [5, 5.41) is 0.948. The van der Waals surface area contributed by atoms with E-state index in [-0.39, 0.29) is 6.54 Å². The first kappa shape index (κ1) is 13.1. The highest BCUT2D eigenvalue weighted by Gasteiger charge is 2.07. The molecule has 106 valence electrons. The standard InChI is InChI=1S/C14H13N5O2/c15-18-13-10(7-9-3-1-2-4-11(9)16-13)8-19-6-5-12(20)17-14(19)21/h1-7H,8,15H2,(H,16,18)(H,17,20,21). The van der Waals surface area contributed by atoms with Crippen molar-refractivity contribution in [2.75, 3.05) is 5.43 Å². The largest absolute Gasteiger partial charge is 0.328 e. The third-order valence-corrected chi connectivity index (χ3v) is 3.18. The molecule has 0 saturated carbocycles. The predicted octanol–water partition coefficient (Wildman–Crippen LogP) is 0.419. The van der Waals surface area contributed by atoms with Gasteiger partial charge in [0.25, 0.3) is 5.56 Å². The number of hydrogen-bond acceptors (Lipinski definition) is 5. The number of hydrazine groups is 1. The van der Waals surface area contributed by atoms with Crippen molar-refractivity contribution in [3.05, 3.63) is 69.0 Å². The molecule has 0 radical (unpaired) electrons. The predicted molar refractivity (Wildman–Crippen MR) is 80.0 cm³/mol. The zero-order valence-corrected chi connectivity index (χ0v) is 11.0. The number of para-hydroxylation sites is 1. The van der Waals surface area contributed by atoms with Gasteiger partial charge in [0.2, 0.25) is 0 Å². The second-order valence-electron chi connectivity index (χ2n) is 4.57. The third kappa shape index (κ3) is 2.54. The molecule has 4 N–H and O–H groups in total. The molecule has 7 nitrogen and oxygen atoms in total. The maximum Gasteiger partial charge on any atom is 0.328 e. The van der Waals surface area contributed by atoms with E-state index in [0.717, 1.165) is 16.5 Å². The van der Waals surface area contributed by atoms with Crippen LogP contribution >= 0.6 is 0 Å². The average Bonchev–Trinajstić information content (AvgIpc) is 2.49. The van der Waals surface area contributed by atoms with Crippen molar-refractivity contribution < 1.29 is 0 Å². The minimum absolute atomic E-state index is 0.257. The molecule has 0 aliphatic rings. The summed E-state index contributed by atoms with van der Waals surface area (Å²) < 4.78 is 1.38. The summed E-state index contributed by atoms with van der Waals surface area (Å²) in [6, 6.07) is 10.8. The SMILES string of the molecule is NNc1nc2ccccc2cc1Cn1ccc(=O)[nH]c1=O. The van der Waals surface area contributed by atoms with Gasteiger partial charge in [0.1, 0.15) is 5.82 Å². The minimum atomic E-state index is -0.473. The average molecular weight is 283 g/mol. The Morgan fingerprint density at radius 1 is 1.24 bits per heavy atom. The Morgan fingerprint density at radius 2 is 2.05 bits per heavy atom. The maximum atomic E-state index is 11.7. The second-order valence-corrected chi connectivity index (χ2v) is 4.57. The van der Waals surface area contributed by atoms with Gasteiger partial charge < -0.3 is 5.43 Å². The van der Waals surface area contributed by atoms with E-state index >= 15 is 0 Å². The van der Waals surface area contributed by atoms with Crippen molar-refractivity contribution in [2.24, 2.45) is 5.84 Å².